The molecule has 1 N–H and O–H groups in total. The minimum Gasteiger partial charge on any atom is -0.377 e. The summed E-state index contributed by atoms with van der Waals surface area (Å²) in [6.07, 6.45) is 3.37. The van der Waals surface area contributed by atoms with Gasteiger partial charge in [-0.2, -0.15) is 0 Å². The topological polar surface area (TPSA) is 55.2 Å². The number of benzene rings is 1. The average Bonchev–Trinajstić information content (AvgIpc) is 2.27. The van der Waals surface area contributed by atoms with Gasteiger partial charge in [-0.15, -0.1) is 0 Å². The Morgan fingerprint density at radius 1 is 1.26 bits per heavy atom. The summed E-state index contributed by atoms with van der Waals surface area (Å²) in [5.41, 5.74) is 1.52. The number of para-hydroxylation sites is 1. The Kier molecular flexibility index (Phi) is 5.80. The first-order valence-electron chi connectivity index (χ1n) is 6.92. The van der Waals surface area contributed by atoms with Crippen LogP contribution in [0.2, 0.25) is 0 Å². The van der Waals surface area contributed by atoms with E-state index in [1.165, 1.54) is 6.42 Å². The minimum atomic E-state index is -0.307. The number of nitrogens with zero attached hydrogens (tertiary/aromatic N) is 1. The number of aryl methyl sites for hydroxylation is 1. The van der Waals surface area contributed by atoms with Crippen LogP contribution in [0.15, 0.2) is 18.2 Å². The van der Waals surface area contributed by atoms with Gasteiger partial charge in [0.1, 0.15) is 5.69 Å². The smallest absolute Gasteiger partial charge is 0.295 e. The van der Waals surface area contributed by atoms with Gasteiger partial charge in [-0.3, -0.25) is 10.1 Å². The number of anilines is 1. The minimum absolute atomic E-state index is 0.193. The normalized spacial score (nSPS) is 12.5. The van der Waals surface area contributed by atoms with Crippen molar-refractivity contribution < 1.29 is 4.92 Å². The van der Waals surface area contributed by atoms with Crippen LogP contribution >= 0.6 is 0 Å². The lowest BCUT2D eigenvalue weighted by molar-refractivity contribution is -0.384. The molecule has 4 nitrogen and oxygen atoms in total. The van der Waals surface area contributed by atoms with Crippen LogP contribution in [0.5, 0.6) is 0 Å². The molecule has 0 aliphatic rings. The van der Waals surface area contributed by atoms with Crippen LogP contribution in [0.4, 0.5) is 11.4 Å². The molecule has 0 saturated heterocycles. The summed E-state index contributed by atoms with van der Waals surface area (Å²) < 4.78 is 0. The molecule has 0 aromatic heterocycles. The van der Waals surface area contributed by atoms with Crippen LogP contribution in [0.1, 0.15) is 45.6 Å². The Labute approximate surface area is 115 Å². The van der Waals surface area contributed by atoms with Crippen molar-refractivity contribution in [2.45, 2.75) is 53.0 Å². The zero-order chi connectivity index (χ0) is 14.4. The van der Waals surface area contributed by atoms with E-state index in [0.717, 1.165) is 12.8 Å². The van der Waals surface area contributed by atoms with Crippen molar-refractivity contribution in [2.75, 3.05) is 5.32 Å². The van der Waals surface area contributed by atoms with E-state index >= 15 is 0 Å². The van der Waals surface area contributed by atoms with Gasteiger partial charge in [0.2, 0.25) is 0 Å². The highest BCUT2D eigenvalue weighted by Crippen LogP contribution is 2.28. The lowest BCUT2D eigenvalue weighted by Crippen LogP contribution is -2.16. The fourth-order valence-corrected chi connectivity index (χ4v) is 2.19. The van der Waals surface area contributed by atoms with Gasteiger partial charge in [-0.05, 0) is 32.3 Å². The standard InChI is InChI=1S/C15H24N2O2/c1-11(2)7-5-9-13(4)16-14-10-6-8-12(3)15(14)17(18)19/h6,8,10-11,13,16H,5,7,9H2,1-4H3. The molecule has 0 fully saturated rings. The summed E-state index contributed by atoms with van der Waals surface area (Å²) in [5, 5.41) is 14.4. The van der Waals surface area contributed by atoms with Crippen molar-refractivity contribution in [1.29, 1.82) is 0 Å². The average molecular weight is 264 g/mol. The van der Waals surface area contributed by atoms with Crippen LogP contribution < -0.4 is 5.32 Å². The van der Waals surface area contributed by atoms with E-state index in [4.69, 9.17) is 0 Å². The zero-order valence-corrected chi connectivity index (χ0v) is 12.3. The quantitative estimate of drug-likeness (QED) is 0.581. The molecule has 1 atom stereocenters. The first-order chi connectivity index (χ1) is 8.91. The number of rotatable bonds is 7. The molecule has 0 aliphatic carbocycles. The van der Waals surface area contributed by atoms with Gasteiger partial charge in [-0.1, -0.05) is 38.8 Å². The third kappa shape index (κ3) is 4.89. The molecule has 0 heterocycles. The summed E-state index contributed by atoms with van der Waals surface area (Å²) in [6, 6.07) is 5.65. The monoisotopic (exact) mass is 264 g/mol. The second-order valence-electron chi connectivity index (χ2n) is 5.60. The van der Waals surface area contributed by atoms with E-state index in [0.29, 0.717) is 17.2 Å². The third-order valence-electron chi connectivity index (χ3n) is 3.24. The van der Waals surface area contributed by atoms with Gasteiger partial charge in [0.05, 0.1) is 4.92 Å². The molecule has 1 unspecified atom stereocenters. The first-order valence-corrected chi connectivity index (χ1v) is 6.92. The lowest BCUT2D eigenvalue weighted by atomic mass is 10.0. The van der Waals surface area contributed by atoms with E-state index in [9.17, 15) is 10.1 Å². The first kappa shape index (κ1) is 15.5. The number of hydrogen-bond donors (Lipinski definition) is 1. The van der Waals surface area contributed by atoms with Crippen LogP contribution in [-0.4, -0.2) is 11.0 Å². The Balaban J connectivity index is 2.66. The molecule has 106 valence electrons. The van der Waals surface area contributed by atoms with Crippen molar-refractivity contribution in [3.05, 3.63) is 33.9 Å². The highest BCUT2D eigenvalue weighted by Gasteiger charge is 2.17. The fourth-order valence-electron chi connectivity index (χ4n) is 2.19. The molecule has 0 radical (unpaired) electrons. The van der Waals surface area contributed by atoms with Crippen molar-refractivity contribution in [2.24, 2.45) is 5.92 Å². The van der Waals surface area contributed by atoms with Gasteiger partial charge < -0.3 is 5.32 Å². The van der Waals surface area contributed by atoms with E-state index in [-0.39, 0.29) is 16.7 Å². The van der Waals surface area contributed by atoms with Gasteiger partial charge >= 0.3 is 0 Å². The highest BCUT2D eigenvalue weighted by atomic mass is 16.6. The van der Waals surface area contributed by atoms with Crippen LogP contribution in [0, 0.1) is 23.0 Å². The largest absolute Gasteiger partial charge is 0.377 e. The molecule has 0 spiro atoms. The summed E-state index contributed by atoms with van der Waals surface area (Å²) in [4.78, 5) is 10.8. The van der Waals surface area contributed by atoms with Crippen LogP contribution in [0.3, 0.4) is 0 Å². The van der Waals surface area contributed by atoms with Crippen LogP contribution in [-0.2, 0) is 0 Å². The maximum Gasteiger partial charge on any atom is 0.295 e. The second kappa shape index (κ2) is 7.12. The summed E-state index contributed by atoms with van der Waals surface area (Å²) in [5.74, 6) is 0.709. The van der Waals surface area contributed by atoms with Crippen molar-refractivity contribution >= 4 is 11.4 Å². The van der Waals surface area contributed by atoms with Crippen molar-refractivity contribution in [3.63, 3.8) is 0 Å². The molecule has 4 heteroatoms. The molecule has 0 amide bonds. The molecule has 19 heavy (non-hydrogen) atoms. The lowest BCUT2D eigenvalue weighted by Gasteiger charge is -2.16. The Hall–Kier alpha value is -1.58. The van der Waals surface area contributed by atoms with E-state index in [1.807, 2.05) is 6.07 Å². The SMILES string of the molecule is Cc1cccc(NC(C)CCCC(C)C)c1[N+](=O)[O-]. The third-order valence-corrected chi connectivity index (χ3v) is 3.24. The van der Waals surface area contributed by atoms with E-state index in [2.05, 4.69) is 26.1 Å². The summed E-state index contributed by atoms with van der Waals surface area (Å²) >= 11 is 0. The molecular weight excluding hydrogens is 240 g/mol. The number of nitro groups is 1. The van der Waals surface area contributed by atoms with E-state index < -0.39 is 0 Å². The Morgan fingerprint density at radius 2 is 1.95 bits per heavy atom. The number of hydrogen-bond acceptors (Lipinski definition) is 3. The van der Waals surface area contributed by atoms with Gasteiger partial charge in [0.15, 0.2) is 0 Å². The van der Waals surface area contributed by atoms with E-state index in [1.54, 1.807) is 19.1 Å². The molecule has 0 bridgehead atoms. The Morgan fingerprint density at radius 3 is 2.53 bits per heavy atom. The van der Waals surface area contributed by atoms with Gasteiger partial charge in [0, 0.05) is 11.6 Å². The zero-order valence-electron chi connectivity index (χ0n) is 12.3. The highest BCUT2D eigenvalue weighted by molar-refractivity contribution is 5.65. The molecule has 0 aliphatic heterocycles. The fraction of sp³-hybridized carbons (Fsp3) is 0.600. The number of nitro benzene ring substituents is 1. The maximum absolute atomic E-state index is 11.1. The Bertz CT molecular complexity index is 430. The molecule has 1 rings (SSSR count). The van der Waals surface area contributed by atoms with Crippen molar-refractivity contribution in [3.8, 4) is 0 Å². The second-order valence-corrected chi connectivity index (χ2v) is 5.60. The number of nitrogens with one attached hydrogen (secondary N) is 1. The summed E-state index contributed by atoms with van der Waals surface area (Å²) in [7, 11) is 0. The maximum atomic E-state index is 11.1. The molecule has 1 aromatic rings. The van der Waals surface area contributed by atoms with Crippen LogP contribution in [0.25, 0.3) is 0 Å². The predicted octanol–water partition coefficient (Wildman–Crippen LogP) is 4.53. The molecule has 1 aromatic carbocycles. The predicted molar refractivity (Wildman–Crippen MR) is 79.6 cm³/mol. The molecule has 0 saturated carbocycles. The van der Waals surface area contributed by atoms with Gasteiger partial charge in [-0.25, -0.2) is 0 Å². The van der Waals surface area contributed by atoms with Crippen molar-refractivity contribution in [1.82, 2.24) is 0 Å². The summed E-state index contributed by atoms with van der Waals surface area (Å²) in [6.45, 7) is 8.27. The molecular formula is C15H24N2O2. The van der Waals surface area contributed by atoms with Gasteiger partial charge in [0.25, 0.3) is 5.69 Å².